The minimum Gasteiger partial charge on any atom is -0.507 e. The Bertz CT molecular complexity index is 1120. The molecule has 4 aliphatic carbocycles. The van der Waals surface area contributed by atoms with E-state index in [-0.39, 0.29) is 39.0 Å². The number of phenolic OH excluding ortho intramolecular Hbond substituents is 1. The van der Waals surface area contributed by atoms with Crippen LogP contribution < -0.4 is 4.72 Å². The van der Waals surface area contributed by atoms with E-state index in [1.165, 1.54) is 43.5 Å². The molecule has 6 rings (SSSR count). The third-order valence-electron chi connectivity index (χ3n) is 7.19. The van der Waals surface area contributed by atoms with Crippen molar-refractivity contribution in [3.63, 3.8) is 0 Å². The number of carbonyl (C=O) groups is 2. The van der Waals surface area contributed by atoms with Crippen molar-refractivity contribution in [2.24, 2.45) is 23.2 Å². The van der Waals surface area contributed by atoms with E-state index in [2.05, 4.69) is 4.72 Å². The van der Waals surface area contributed by atoms with Crippen LogP contribution in [0, 0.1) is 23.2 Å². The molecule has 1 aromatic carbocycles. The lowest BCUT2D eigenvalue weighted by molar-refractivity contribution is -0.147. The molecule has 7 nitrogen and oxygen atoms in total. The van der Waals surface area contributed by atoms with Gasteiger partial charge in [0.25, 0.3) is 10.0 Å². The van der Waals surface area contributed by atoms with Crippen molar-refractivity contribution in [3.05, 3.63) is 41.3 Å². The van der Waals surface area contributed by atoms with E-state index in [0.29, 0.717) is 17.8 Å². The van der Waals surface area contributed by atoms with Crippen molar-refractivity contribution in [1.29, 1.82) is 0 Å². The number of Topliss-reactive ketones (excluding diaryl/α,β-unsaturated/α-hetero) is 1. The molecule has 0 radical (unpaired) electrons. The molecule has 1 heterocycles. The second-order valence-corrected chi connectivity index (χ2v) is 12.3. The summed E-state index contributed by atoms with van der Waals surface area (Å²) in [5.74, 6) is 0.613. The van der Waals surface area contributed by atoms with Crippen molar-refractivity contribution in [2.45, 2.75) is 42.7 Å². The van der Waals surface area contributed by atoms with E-state index in [1.807, 2.05) is 0 Å². The highest BCUT2D eigenvalue weighted by atomic mass is 32.2. The van der Waals surface area contributed by atoms with Crippen LogP contribution in [-0.2, 0) is 19.6 Å². The zero-order valence-corrected chi connectivity index (χ0v) is 19.1. The number of nitrogens with one attached hydrogen (secondary N) is 1. The summed E-state index contributed by atoms with van der Waals surface area (Å²) in [6.45, 7) is -0.324. The van der Waals surface area contributed by atoms with Gasteiger partial charge in [0, 0.05) is 11.1 Å². The van der Waals surface area contributed by atoms with E-state index in [1.54, 1.807) is 11.4 Å². The Morgan fingerprint density at radius 2 is 1.75 bits per heavy atom. The van der Waals surface area contributed by atoms with Crippen LogP contribution in [0.5, 0.6) is 5.75 Å². The van der Waals surface area contributed by atoms with Gasteiger partial charge in [-0.3, -0.25) is 9.52 Å². The summed E-state index contributed by atoms with van der Waals surface area (Å²) in [6, 6.07) is 6.90. The van der Waals surface area contributed by atoms with E-state index >= 15 is 0 Å². The van der Waals surface area contributed by atoms with Gasteiger partial charge in [0.2, 0.25) is 0 Å². The zero-order chi connectivity index (χ0) is 22.5. The summed E-state index contributed by atoms with van der Waals surface area (Å²) >= 11 is 1.07. The monoisotopic (exact) mass is 475 g/mol. The Labute approximate surface area is 190 Å². The summed E-state index contributed by atoms with van der Waals surface area (Å²) < 4.78 is 32.7. The largest absolute Gasteiger partial charge is 0.507 e. The first-order valence-corrected chi connectivity index (χ1v) is 13.2. The molecular weight excluding hydrogens is 450 g/mol. The zero-order valence-electron chi connectivity index (χ0n) is 17.5. The number of carbonyl (C=O) groups excluding carboxylic acids is 2. The molecule has 2 N–H and O–H groups in total. The van der Waals surface area contributed by atoms with Crippen molar-refractivity contribution < 1.29 is 27.9 Å². The fraction of sp³-hybridized carbons (Fsp3) is 0.478. The third kappa shape index (κ3) is 3.92. The molecule has 0 atom stereocenters. The van der Waals surface area contributed by atoms with Crippen LogP contribution in [-0.4, -0.2) is 31.9 Å². The van der Waals surface area contributed by atoms with Crippen LogP contribution in [0.2, 0.25) is 0 Å². The molecule has 0 unspecified atom stereocenters. The van der Waals surface area contributed by atoms with Gasteiger partial charge in [-0.25, -0.2) is 13.2 Å². The van der Waals surface area contributed by atoms with Crippen molar-refractivity contribution in [2.75, 3.05) is 11.3 Å². The minimum atomic E-state index is -3.80. The number of ether oxygens (including phenoxy) is 1. The van der Waals surface area contributed by atoms with Gasteiger partial charge in [-0.1, -0.05) is 6.07 Å². The summed E-state index contributed by atoms with van der Waals surface area (Å²) in [7, 11) is -3.80. The van der Waals surface area contributed by atoms with Crippen molar-refractivity contribution in [3.8, 4) is 5.75 Å². The average molecular weight is 476 g/mol. The lowest BCUT2D eigenvalue weighted by Gasteiger charge is -2.55. The van der Waals surface area contributed by atoms with Gasteiger partial charge in [-0.15, -0.1) is 11.3 Å². The fourth-order valence-corrected chi connectivity index (χ4v) is 8.24. The number of esters is 1. The smallest absolute Gasteiger partial charge is 0.342 e. The predicted molar refractivity (Wildman–Crippen MR) is 119 cm³/mol. The number of phenols is 1. The molecule has 1 aromatic heterocycles. The molecule has 9 heteroatoms. The van der Waals surface area contributed by atoms with Gasteiger partial charge < -0.3 is 9.84 Å². The topological polar surface area (TPSA) is 110 Å². The second kappa shape index (κ2) is 7.88. The number of benzene rings is 1. The van der Waals surface area contributed by atoms with Crippen molar-refractivity contribution in [1.82, 2.24) is 0 Å². The molecule has 4 fully saturated rings. The van der Waals surface area contributed by atoms with Crippen molar-refractivity contribution >= 4 is 38.8 Å². The summed E-state index contributed by atoms with van der Waals surface area (Å²) in [5, 5.41) is 11.8. The van der Waals surface area contributed by atoms with Gasteiger partial charge >= 0.3 is 5.97 Å². The Morgan fingerprint density at radius 1 is 1.09 bits per heavy atom. The average Bonchev–Trinajstić information content (AvgIpc) is 3.28. The van der Waals surface area contributed by atoms with Crippen LogP contribution in [0.15, 0.2) is 39.9 Å². The van der Waals surface area contributed by atoms with Gasteiger partial charge in [0.15, 0.2) is 12.4 Å². The maximum Gasteiger partial charge on any atom is 0.342 e. The number of anilines is 1. The van der Waals surface area contributed by atoms with Crippen LogP contribution in [0.3, 0.4) is 0 Å². The maximum atomic E-state index is 13.1. The highest BCUT2D eigenvalue weighted by Gasteiger charge is 2.54. The number of hydrogen-bond donors (Lipinski definition) is 2. The first kappa shape index (κ1) is 21.5. The fourth-order valence-electron chi connectivity index (χ4n) is 6.20. The summed E-state index contributed by atoms with van der Waals surface area (Å²) in [4.78, 5) is 25.7. The van der Waals surface area contributed by atoms with E-state index < -0.39 is 16.0 Å². The normalized spacial score (nSPS) is 28.4. The predicted octanol–water partition coefficient (Wildman–Crippen LogP) is 4.20. The van der Waals surface area contributed by atoms with E-state index in [0.717, 1.165) is 30.6 Å². The van der Waals surface area contributed by atoms with E-state index in [4.69, 9.17) is 4.74 Å². The Kier molecular flexibility index (Phi) is 5.28. The Balaban J connectivity index is 1.27. The van der Waals surface area contributed by atoms with Gasteiger partial charge in [-0.2, -0.15) is 0 Å². The Morgan fingerprint density at radius 3 is 2.34 bits per heavy atom. The summed E-state index contributed by atoms with van der Waals surface area (Å²) in [6.07, 6.45) is 6.32. The van der Waals surface area contributed by atoms with Gasteiger partial charge in [-0.05, 0) is 85.9 Å². The first-order chi connectivity index (χ1) is 15.2. The molecule has 0 amide bonds. The molecule has 4 saturated carbocycles. The maximum absolute atomic E-state index is 13.1. The number of rotatable bonds is 7. The van der Waals surface area contributed by atoms with Crippen LogP contribution in [0.25, 0.3) is 0 Å². The molecule has 2 aromatic rings. The van der Waals surface area contributed by atoms with Crippen LogP contribution in [0.4, 0.5) is 5.69 Å². The minimum absolute atomic E-state index is 0.0287. The third-order valence-corrected chi connectivity index (χ3v) is 9.97. The van der Waals surface area contributed by atoms with Gasteiger partial charge in [0.1, 0.15) is 15.5 Å². The molecule has 0 saturated heterocycles. The van der Waals surface area contributed by atoms with E-state index in [9.17, 15) is 23.1 Å². The molecular formula is C23H25NO6S2. The second-order valence-electron chi connectivity index (χ2n) is 9.47. The molecule has 32 heavy (non-hydrogen) atoms. The molecule has 0 spiro atoms. The number of thiophene rings is 1. The molecule has 4 aliphatic rings. The molecule has 4 bridgehead atoms. The quantitative estimate of drug-likeness (QED) is 0.459. The SMILES string of the molecule is O=C(OCC(=O)C12CC3CC(CC(C3)C1)C2)c1cc(NS(=O)(=O)c2cccs2)ccc1O. The Hall–Kier alpha value is -2.39. The number of hydrogen-bond acceptors (Lipinski definition) is 7. The molecule has 0 aliphatic heterocycles. The number of ketones is 1. The summed E-state index contributed by atoms with van der Waals surface area (Å²) in [5.41, 5.74) is -0.430. The number of sulfonamides is 1. The molecule has 170 valence electrons. The lowest BCUT2D eigenvalue weighted by atomic mass is 9.48. The standard InChI is InChI=1S/C23H25NO6S2/c25-19-4-3-17(24-32(28,29)21-2-1-5-31-21)9-18(19)22(27)30-13-20(26)23-10-14-6-15(11-23)8-16(7-14)12-23/h1-5,9,14-16,24-25H,6-8,10-13H2. The number of aromatic hydroxyl groups is 1. The lowest BCUT2D eigenvalue weighted by Crippen LogP contribution is -2.51. The van der Waals surface area contributed by atoms with Crippen LogP contribution in [0.1, 0.15) is 48.9 Å². The van der Waals surface area contributed by atoms with Gasteiger partial charge in [0.05, 0.1) is 0 Å². The first-order valence-electron chi connectivity index (χ1n) is 10.8. The highest BCUT2D eigenvalue weighted by molar-refractivity contribution is 7.94. The highest BCUT2D eigenvalue weighted by Crippen LogP contribution is 2.60. The van der Waals surface area contributed by atoms with Crippen LogP contribution >= 0.6 is 11.3 Å².